The number of nitrogens with zero attached hydrogens (tertiary/aromatic N) is 3. The van der Waals surface area contributed by atoms with Gasteiger partial charge in [0.1, 0.15) is 5.82 Å². The van der Waals surface area contributed by atoms with Crippen molar-refractivity contribution in [2.75, 3.05) is 24.7 Å². The first-order chi connectivity index (χ1) is 15.1. The van der Waals surface area contributed by atoms with Gasteiger partial charge in [-0.2, -0.15) is 13.2 Å². The number of para-hydroxylation sites is 1. The molecule has 6 nitrogen and oxygen atoms in total. The van der Waals surface area contributed by atoms with Gasteiger partial charge in [-0.3, -0.25) is 14.2 Å². The van der Waals surface area contributed by atoms with Crippen molar-refractivity contribution < 1.29 is 27.2 Å². The van der Waals surface area contributed by atoms with Gasteiger partial charge in [-0.15, -0.1) is 0 Å². The molecule has 32 heavy (non-hydrogen) atoms. The lowest BCUT2D eigenvalue weighted by atomic mass is 10.1. The number of likely N-dealkylation sites (N-methyl/N-ethyl adjacent to an activating group) is 1. The zero-order valence-electron chi connectivity index (χ0n) is 16.8. The van der Waals surface area contributed by atoms with Gasteiger partial charge in [-0.25, -0.2) is 9.37 Å². The number of carbonyl (C=O) groups excluding carboxylic acids is 2. The highest BCUT2D eigenvalue weighted by molar-refractivity contribution is 7.99. The van der Waals surface area contributed by atoms with Crippen LogP contribution in [0.4, 0.5) is 23.2 Å². The quantitative estimate of drug-likeness (QED) is 0.418. The topological polar surface area (TPSA) is 67.2 Å². The van der Waals surface area contributed by atoms with E-state index in [1.807, 2.05) is 0 Å². The van der Waals surface area contributed by atoms with Crippen molar-refractivity contribution in [2.45, 2.75) is 11.3 Å². The monoisotopic (exact) mass is 466 g/mol. The van der Waals surface area contributed by atoms with Gasteiger partial charge in [-0.1, -0.05) is 30.0 Å². The zero-order valence-corrected chi connectivity index (χ0v) is 17.6. The van der Waals surface area contributed by atoms with E-state index in [-0.39, 0.29) is 11.4 Å². The maximum absolute atomic E-state index is 13.5. The van der Waals surface area contributed by atoms with E-state index in [1.165, 1.54) is 37.5 Å². The van der Waals surface area contributed by atoms with E-state index in [0.717, 1.165) is 28.8 Å². The predicted molar refractivity (Wildman–Crippen MR) is 112 cm³/mol. The molecule has 1 aromatic heterocycles. The second-order valence-electron chi connectivity index (χ2n) is 6.69. The molecule has 11 heteroatoms. The highest BCUT2D eigenvalue weighted by Gasteiger charge is 2.33. The summed E-state index contributed by atoms with van der Waals surface area (Å²) < 4.78 is 54.3. The first-order valence-electron chi connectivity index (χ1n) is 9.27. The number of halogens is 4. The summed E-state index contributed by atoms with van der Waals surface area (Å²) in [6.45, 7) is -0.427. The SMILES string of the molecule is CN(CC(=O)Nc1ccccc1C(F)(F)F)C(=O)CSc1nccn1-c1cccc(F)c1. The fourth-order valence-electron chi connectivity index (χ4n) is 2.79. The molecule has 3 rings (SSSR count). The molecule has 0 saturated carbocycles. The number of hydrogen-bond acceptors (Lipinski definition) is 4. The molecule has 0 aliphatic rings. The Hall–Kier alpha value is -3.34. The number of alkyl halides is 3. The summed E-state index contributed by atoms with van der Waals surface area (Å²) >= 11 is 1.09. The van der Waals surface area contributed by atoms with Crippen molar-refractivity contribution in [3.05, 3.63) is 72.3 Å². The third-order valence-electron chi connectivity index (χ3n) is 4.33. The molecule has 0 unspecified atom stereocenters. The van der Waals surface area contributed by atoms with E-state index in [2.05, 4.69) is 10.3 Å². The van der Waals surface area contributed by atoms with E-state index in [9.17, 15) is 27.2 Å². The molecule has 1 heterocycles. The molecule has 0 radical (unpaired) electrons. The van der Waals surface area contributed by atoms with Crippen LogP contribution in [0.3, 0.4) is 0 Å². The minimum atomic E-state index is -4.62. The number of nitrogens with one attached hydrogen (secondary N) is 1. The van der Waals surface area contributed by atoms with Crippen LogP contribution in [0, 0.1) is 5.82 Å². The Morgan fingerprint density at radius 3 is 2.62 bits per heavy atom. The van der Waals surface area contributed by atoms with Crippen LogP contribution in [0.2, 0.25) is 0 Å². The van der Waals surface area contributed by atoms with Gasteiger partial charge >= 0.3 is 6.18 Å². The molecule has 2 aromatic carbocycles. The molecule has 2 amide bonds. The number of rotatable bonds is 7. The van der Waals surface area contributed by atoms with Crippen LogP contribution in [0.15, 0.2) is 66.1 Å². The lowest BCUT2D eigenvalue weighted by molar-refractivity contribution is -0.137. The van der Waals surface area contributed by atoms with E-state index >= 15 is 0 Å². The molecule has 0 bridgehead atoms. The van der Waals surface area contributed by atoms with E-state index < -0.39 is 35.9 Å². The molecule has 1 N–H and O–H groups in total. The summed E-state index contributed by atoms with van der Waals surface area (Å²) in [5.74, 6) is -1.68. The predicted octanol–water partition coefficient (Wildman–Crippen LogP) is 4.22. The van der Waals surface area contributed by atoms with Gasteiger partial charge in [-0.05, 0) is 30.3 Å². The zero-order chi connectivity index (χ0) is 23.3. The fourth-order valence-corrected chi connectivity index (χ4v) is 3.70. The van der Waals surface area contributed by atoms with Crippen molar-refractivity contribution in [1.29, 1.82) is 0 Å². The van der Waals surface area contributed by atoms with Crippen molar-refractivity contribution in [2.24, 2.45) is 0 Å². The maximum Gasteiger partial charge on any atom is 0.418 e. The summed E-state index contributed by atoms with van der Waals surface area (Å²) in [5, 5.41) is 2.64. The Labute approximate surface area is 185 Å². The molecule has 0 aliphatic carbocycles. The average molecular weight is 466 g/mol. The largest absolute Gasteiger partial charge is 0.418 e. The number of imidazole rings is 1. The Morgan fingerprint density at radius 1 is 1.16 bits per heavy atom. The second-order valence-corrected chi connectivity index (χ2v) is 7.63. The lowest BCUT2D eigenvalue weighted by Gasteiger charge is -2.18. The van der Waals surface area contributed by atoms with E-state index in [4.69, 9.17) is 0 Å². The van der Waals surface area contributed by atoms with Crippen molar-refractivity contribution >= 4 is 29.3 Å². The lowest BCUT2D eigenvalue weighted by Crippen LogP contribution is -2.36. The van der Waals surface area contributed by atoms with Gasteiger partial charge in [0.05, 0.1) is 29.2 Å². The van der Waals surface area contributed by atoms with Gasteiger partial charge in [0.15, 0.2) is 5.16 Å². The third-order valence-corrected chi connectivity index (χ3v) is 5.28. The number of benzene rings is 2. The van der Waals surface area contributed by atoms with Crippen LogP contribution in [0.1, 0.15) is 5.56 Å². The van der Waals surface area contributed by atoms with Crippen molar-refractivity contribution in [3.8, 4) is 5.69 Å². The average Bonchev–Trinajstić information content (AvgIpc) is 3.20. The van der Waals surface area contributed by atoms with Crippen LogP contribution in [0.25, 0.3) is 5.69 Å². The summed E-state index contributed by atoms with van der Waals surface area (Å²) in [7, 11) is 1.37. The molecule has 168 valence electrons. The Kier molecular flexibility index (Phi) is 7.18. The molecular weight excluding hydrogens is 448 g/mol. The first kappa shape index (κ1) is 23.3. The first-order valence-corrected chi connectivity index (χ1v) is 10.3. The Morgan fingerprint density at radius 2 is 1.91 bits per heavy atom. The Balaban J connectivity index is 1.58. The standard InChI is InChI=1S/C21H18F4N4O2S/c1-28(12-18(30)27-17-8-3-2-7-16(17)21(23,24)25)19(31)13-32-20-26-9-10-29(20)15-6-4-5-14(22)11-15/h2-11H,12-13H2,1H3,(H,27,30). The van der Waals surface area contributed by atoms with Crippen LogP contribution in [-0.2, 0) is 15.8 Å². The number of aromatic nitrogens is 2. The van der Waals surface area contributed by atoms with Gasteiger partial charge < -0.3 is 10.2 Å². The minimum absolute atomic E-state index is 0.0742. The van der Waals surface area contributed by atoms with E-state index in [0.29, 0.717) is 10.8 Å². The molecular formula is C21H18F4N4O2S. The third kappa shape index (κ3) is 5.88. The van der Waals surface area contributed by atoms with Crippen LogP contribution in [0.5, 0.6) is 0 Å². The highest BCUT2D eigenvalue weighted by Crippen LogP contribution is 2.34. The molecule has 0 fully saturated rings. The van der Waals surface area contributed by atoms with Crippen LogP contribution >= 0.6 is 11.8 Å². The van der Waals surface area contributed by atoms with Crippen molar-refractivity contribution in [3.63, 3.8) is 0 Å². The van der Waals surface area contributed by atoms with Crippen LogP contribution < -0.4 is 5.32 Å². The Bertz CT molecular complexity index is 1120. The van der Waals surface area contributed by atoms with E-state index in [1.54, 1.807) is 22.9 Å². The summed E-state index contributed by atoms with van der Waals surface area (Å²) in [6.07, 6.45) is -1.49. The maximum atomic E-state index is 13.5. The van der Waals surface area contributed by atoms with Gasteiger partial charge in [0.25, 0.3) is 0 Å². The molecule has 3 aromatic rings. The smallest absolute Gasteiger partial charge is 0.336 e. The number of carbonyl (C=O) groups is 2. The fraction of sp³-hybridized carbons (Fsp3) is 0.190. The minimum Gasteiger partial charge on any atom is -0.336 e. The van der Waals surface area contributed by atoms with Crippen molar-refractivity contribution in [1.82, 2.24) is 14.5 Å². The summed E-state index contributed by atoms with van der Waals surface area (Å²) in [6, 6.07) is 10.5. The molecule has 0 atom stereocenters. The second kappa shape index (κ2) is 9.86. The van der Waals surface area contributed by atoms with Gasteiger partial charge in [0.2, 0.25) is 11.8 Å². The summed E-state index contributed by atoms with van der Waals surface area (Å²) in [5.41, 5.74) is -0.812. The molecule has 0 saturated heterocycles. The number of thioether (sulfide) groups is 1. The molecule has 0 spiro atoms. The summed E-state index contributed by atoms with van der Waals surface area (Å²) in [4.78, 5) is 29.8. The number of anilines is 1. The molecule has 0 aliphatic heterocycles. The van der Waals surface area contributed by atoms with Gasteiger partial charge in [0, 0.05) is 19.4 Å². The number of hydrogen-bond donors (Lipinski definition) is 1. The highest BCUT2D eigenvalue weighted by atomic mass is 32.2. The normalized spacial score (nSPS) is 11.3. The number of amides is 2. The van der Waals surface area contributed by atoms with Crippen LogP contribution in [-0.4, -0.2) is 45.6 Å².